The third-order valence-corrected chi connectivity index (χ3v) is 3.07. The predicted octanol–water partition coefficient (Wildman–Crippen LogP) is 4.22. The van der Waals surface area contributed by atoms with Crippen molar-refractivity contribution in [1.29, 1.82) is 0 Å². The lowest BCUT2D eigenvalue weighted by molar-refractivity contribution is 0.455. The quantitative estimate of drug-likeness (QED) is 0.896. The fraction of sp³-hybridized carbons (Fsp3) is 0.333. The van der Waals surface area contributed by atoms with Crippen molar-refractivity contribution in [2.24, 2.45) is 0 Å². The molecule has 4 nitrogen and oxygen atoms in total. The molecule has 0 saturated carbocycles. The molecule has 5 heteroatoms. The van der Waals surface area contributed by atoms with Gasteiger partial charge in [-0.05, 0) is 37.1 Å². The van der Waals surface area contributed by atoms with Gasteiger partial charge in [0.2, 0.25) is 5.88 Å². The number of nitrogens with one attached hydrogen (secondary N) is 1. The first kappa shape index (κ1) is 14.6. The zero-order valence-corrected chi connectivity index (χ0v) is 12.7. The highest BCUT2D eigenvalue weighted by Gasteiger charge is 2.07. The molecule has 1 N–H and O–H groups in total. The van der Waals surface area contributed by atoms with Gasteiger partial charge in [-0.15, -0.1) is 0 Å². The van der Waals surface area contributed by atoms with Gasteiger partial charge in [0.05, 0.1) is 0 Å². The maximum absolute atomic E-state index is 5.94. The highest BCUT2D eigenvalue weighted by atomic mass is 35.5. The first-order chi connectivity index (χ1) is 9.62. The average molecular weight is 292 g/mol. The van der Waals surface area contributed by atoms with E-state index in [0.29, 0.717) is 10.9 Å². The Morgan fingerprint density at radius 2 is 2.05 bits per heavy atom. The van der Waals surface area contributed by atoms with E-state index in [0.717, 1.165) is 35.8 Å². The highest BCUT2D eigenvalue weighted by Crippen LogP contribution is 2.27. The lowest BCUT2D eigenvalue weighted by Gasteiger charge is -2.10. The largest absolute Gasteiger partial charge is 0.439 e. The minimum absolute atomic E-state index is 0.540. The van der Waals surface area contributed by atoms with Crippen LogP contribution in [0.15, 0.2) is 24.3 Å². The van der Waals surface area contributed by atoms with E-state index in [2.05, 4.69) is 22.2 Å². The van der Waals surface area contributed by atoms with E-state index < -0.39 is 0 Å². The fourth-order valence-corrected chi connectivity index (χ4v) is 2.06. The molecule has 0 bridgehead atoms. The first-order valence-electron chi connectivity index (χ1n) is 6.62. The van der Waals surface area contributed by atoms with Crippen LogP contribution in [0.4, 0.5) is 5.82 Å². The molecule has 2 rings (SSSR count). The SMILES string of the molecule is CCCc1nc(NC)cc(Oc2ccc(Cl)cc2C)n1. The zero-order chi connectivity index (χ0) is 14.5. The maximum atomic E-state index is 5.94. The van der Waals surface area contributed by atoms with Crippen LogP contribution < -0.4 is 10.1 Å². The van der Waals surface area contributed by atoms with Crippen molar-refractivity contribution in [3.05, 3.63) is 40.7 Å². The predicted molar refractivity (Wildman–Crippen MR) is 81.8 cm³/mol. The van der Waals surface area contributed by atoms with Crippen molar-refractivity contribution >= 4 is 17.4 Å². The van der Waals surface area contributed by atoms with Gasteiger partial charge >= 0.3 is 0 Å². The molecule has 2 aromatic rings. The van der Waals surface area contributed by atoms with Crippen molar-refractivity contribution in [2.75, 3.05) is 12.4 Å². The van der Waals surface area contributed by atoms with Crippen LogP contribution in [-0.4, -0.2) is 17.0 Å². The summed E-state index contributed by atoms with van der Waals surface area (Å²) in [6.07, 6.45) is 1.82. The first-order valence-corrected chi connectivity index (χ1v) is 7.00. The molecule has 20 heavy (non-hydrogen) atoms. The molecular formula is C15H18ClN3O. The molecule has 1 heterocycles. The Balaban J connectivity index is 2.29. The number of nitrogens with zero attached hydrogens (tertiary/aromatic N) is 2. The van der Waals surface area contributed by atoms with E-state index in [-0.39, 0.29) is 0 Å². The number of halogens is 1. The van der Waals surface area contributed by atoms with Gasteiger partial charge in [-0.1, -0.05) is 18.5 Å². The van der Waals surface area contributed by atoms with Crippen molar-refractivity contribution in [2.45, 2.75) is 26.7 Å². The van der Waals surface area contributed by atoms with Crippen molar-refractivity contribution in [3.8, 4) is 11.6 Å². The third-order valence-electron chi connectivity index (χ3n) is 2.83. The lowest BCUT2D eigenvalue weighted by atomic mass is 10.2. The summed E-state index contributed by atoms with van der Waals surface area (Å²) in [5.41, 5.74) is 0.971. The summed E-state index contributed by atoms with van der Waals surface area (Å²) in [4.78, 5) is 8.82. The number of aryl methyl sites for hydroxylation is 2. The van der Waals surface area contributed by atoms with E-state index in [1.807, 2.05) is 26.1 Å². The molecule has 0 amide bonds. The number of anilines is 1. The average Bonchev–Trinajstić information content (AvgIpc) is 2.42. The number of ether oxygens (including phenoxy) is 1. The zero-order valence-electron chi connectivity index (χ0n) is 11.9. The molecule has 0 aliphatic carbocycles. The van der Waals surface area contributed by atoms with Crippen LogP contribution in [0.3, 0.4) is 0 Å². The van der Waals surface area contributed by atoms with Crippen molar-refractivity contribution in [3.63, 3.8) is 0 Å². The van der Waals surface area contributed by atoms with Gasteiger partial charge in [0, 0.05) is 24.6 Å². The van der Waals surface area contributed by atoms with Crippen molar-refractivity contribution in [1.82, 2.24) is 9.97 Å². The van der Waals surface area contributed by atoms with Gasteiger partial charge in [0.25, 0.3) is 0 Å². The molecule has 106 valence electrons. The van der Waals surface area contributed by atoms with Crippen LogP contribution in [0.5, 0.6) is 11.6 Å². The molecule has 0 fully saturated rings. The molecule has 0 spiro atoms. The monoisotopic (exact) mass is 291 g/mol. The van der Waals surface area contributed by atoms with Crippen LogP contribution in [0, 0.1) is 6.92 Å². The number of hydrogen-bond donors (Lipinski definition) is 1. The minimum Gasteiger partial charge on any atom is -0.439 e. The smallest absolute Gasteiger partial charge is 0.224 e. The van der Waals surface area contributed by atoms with Gasteiger partial charge in [-0.2, -0.15) is 4.98 Å². The van der Waals surface area contributed by atoms with E-state index in [9.17, 15) is 0 Å². The maximum Gasteiger partial charge on any atom is 0.224 e. The van der Waals surface area contributed by atoms with Gasteiger partial charge < -0.3 is 10.1 Å². The third kappa shape index (κ3) is 3.61. The van der Waals surface area contributed by atoms with Gasteiger partial charge in [-0.3, -0.25) is 0 Å². The Labute approximate surface area is 124 Å². The Bertz CT molecular complexity index is 602. The highest BCUT2D eigenvalue weighted by molar-refractivity contribution is 6.30. The summed E-state index contributed by atoms with van der Waals surface area (Å²) in [6, 6.07) is 7.30. The van der Waals surface area contributed by atoms with Gasteiger partial charge in [0.1, 0.15) is 17.4 Å². The molecule has 1 aromatic carbocycles. The van der Waals surface area contributed by atoms with Crippen LogP contribution >= 0.6 is 11.6 Å². The normalized spacial score (nSPS) is 10.4. The minimum atomic E-state index is 0.540. The Morgan fingerprint density at radius 1 is 1.25 bits per heavy atom. The standard InChI is InChI=1S/C15H18ClN3O/c1-4-5-13-18-14(17-3)9-15(19-13)20-12-7-6-11(16)8-10(12)2/h6-9H,4-5H2,1-3H3,(H,17,18,19). The molecule has 0 unspecified atom stereocenters. The van der Waals surface area contributed by atoms with Crippen LogP contribution in [0.1, 0.15) is 24.7 Å². The molecule has 0 atom stereocenters. The summed E-state index contributed by atoms with van der Waals surface area (Å²) in [5, 5.41) is 3.72. The summed E-state index contributed by atoms with van der Waals surface area (Å²) in [5.74, 6) is 2.82. The van der Waals surface area contributed by atoms with E-state index in [1.54, 1.807) is 12.1 Å². The number of hydrogen-bond acceptors (Lipinski definition) is 4. The molecule has 0 radical (unpaired) electrons. The van der Waals surface area contributed by atoms with Gasteiger partial charge in [-0.25, -0.2) is 4.98 Å². The second-order valence-electron chi connectivity index (χ2n) is 4.52. The fourth-order valence-electron chi connectivity index (χ4n) is 1.83. The molecule has 0 aliphatic heterocycles. The summed E-state index contributed by atoms with van der Waals surface area (Å²) >= 11 is 5.94. The summed E-state index contributed by atoms with van der Waals surface area (Å²) in [6.45, 7) is 4.05. The van der Waals surface area contributed by atoms with E-state index >= 15 is 0 Å². The number of aromatic nitrogens is 2. The Kier molecular flexibility index (Phi) is 4.79. The molecule has 0 saturated heterocycles. The number of rotatable bonds is 5. The van der Waals surface area contributed by atoms with Crippen LogP contribution in [-0.2, 0) is 6.42 Å². The molecular weight excluding hydrogens is 274 g/mol. The Hall–Kier alpha value is -1.81. The topological polar surface area (TPSA) is 47.0 Å². The Morgan fingerprint density at radius 3 is 2.70 bits per heavy atom. The summed E-state index contributed by atoms with van der Waals surface area (Å²) in [7, 11) is 1.83. The van der Waals surface area contributed by atoms with E-state index in [1.165, 1.54) is 0 Å². The summed E-state index contributed by atoms with van der Waals surface area (Å²) < 4.78 is 5.84. The van der Waals surface area contributed by atoms with Gasteiger partial charge in [0.15, 0.2) is 0 Å². The second kappa shape index (κ2) is 6.57. The number of benzene rings is 1. The van der Waals surface area contributed by atoms with E-state index in [4.69, 9.17) is 16.3 Å². The lowest BCUT2D eigenvalue weighted by Crippen LogP contribution is -2.02. The van der Waals surface area contributed by atoms with Crippen LogP contribution in [0.2, 0.25) is 5.02 Å². The molecule has 1 aromatic heterocycles. The molecule has 0 aliphatic rings. The second-order valence-corrected chi connectivity index (χ2v) is 4.96. The van der Waals surface area contributed by atoms with Crippen molar-refractivity contribution < 1.29 is 4.74 Å². The van der Waals surface area contributed by atoms with Crippen LogP contribution in [0.25, 0.3) is 0 Å².